The fourth-order valence-electron chi connectivity index (χ4n) is 3.61. The Kier molecular flexibility index (Phi) is 7.65. The van der Waals surface area contributed by atoms with Gasteiger partial charge in [0, 0.05) is 18.6 Å². The highest BCUT2D eigenvalue weighted by Crippen LogP contribution is 2.31. The number of hydrogen-bond donors (Lipinski definition) is 1. The molecule has 0 aromatic heterocycles. The predicted molar refractivity (Wildman–Crippen MR) is 89.7 cm³/mol. The van der Waals surface area contributed by atoms with Crippen molar-refractivity contribution in [2.75, 3.05) is 18.8 Å². The molecule has 0 atom stereocenters. The van der Waals surface area contributed by atoms with Crippen LogP contribution in [0.1, 0.15) is 72.1 Å². The van der Waals surface area contributed by atoms with E-state index in [0.717, 1.165) is 32.1 Å². The van der Waals surface area contributed by atoms with Crippen LogP contribution < -0.4 is 5.73 Å². The summed E-state index contributed by atoms with van der Waals surface area (Å²) in [7, 11) is -3.22. The summed E-state index contributed by atoms with van der Waals surface area (Å²) in [5.41, 5.74) is 5.58. The topological polar surface area (TPSA) is 63.4 Å². The van der Waals surface area contributed by atoms with Crippen molar-refractivity contribution in [3.63, 3.8) is 0 Å². The minimum absolute atomic E-state index is 0.314. The van der Waals surface area contributed by atoms with Crippen LogP contribution in [0, 0.1) is 5.92 Å². The molecule has 1 saturated carbocycles. The number of nitrogens with two attached hydrogens (primary N) is 1. The van der Waals surface area contributed by atoms with E-state index in [1.54, 1.807) is 4.31 Å². The molecule has 1 aliphatic rings. The lowest BCUT2D eigenvalue weighted by Crippen LogP contribution is -2.56. The van der Waals surface area contributed by atoms with Gasteiger partial charge in [-0.25, -0.2) is 8.42 Å². The summed E-state index contributed by atoms with van der Waals surface area (Å²) in [5.74, 6) is 0.654. The molecular weight excluding hydrogens is 284 g/mol. The minimum Gasteiger partial charge on any atom is -0.329 e. The molecule has 0 heterocycles. The molecule has 0 aliphatic heterocycles. The molecule has 0 amide bonds. The van der Waals surface area contributed by atoms with Gasteiger partial charge in [-0.15, -0.1) is 0 Å². The van der Waals surface area contributed by atoms with E-state index in [1.807, 2.05) is 6.92 Å². The molecule has 5 heteroatoms. The van der Waals surface area contributed by atoms with E-state index in [9.17, 15) is 8.42 Å². The zero-order valence-corrected chi connectivity index (χ0v) is 14.9. The largest absolute Gasteiger partial charge is 0.329 e. The van der Waals surface area contributed by atoms with Crippen LogP contribution in [-0.4, -0.2) is 37.1 Å². The second-order valence-corrected chi connectivity index (χ2v) is 8.43. The van der Waals surface area contributed by atoms with E-state index < -0.39 is 15.6 Å². The molecule has 0 bridgehead atoms. The second kappa shape index (κ2) is 8.49. The van der Waals surface area contributed by atoms with Crippen LogP contribution in [0.2, 0.25) is 0 Å². The van der Waals surface area contributed by atoms with Crippen LogP contribution in [0.15, 0.2) is 0 Å². The van der Waals surface area contributed by atoms with Gasteiger partial charge in [0.1, 0.15) is 0 Å². The Morgan fingerprint density at radius 2 is 1.67 bits per heavy atom. The van der Waals surface area contributed by atoms with Crippen LogP contribution >= 0.6 is 0 Å². The summed E-state index contributed by atoms with van der Waals surface area (Å²) < 4.78 is 27.7. The molecule has 0 aromatic carbocycles. The highest BCUT2D eigenvalue weighted by atomic mass is 32.2. The average molecular weight is 319 g/mol. The molecule has 0 radical (unpaired) electrons. The fourth-order valence-corrected chi connectivity index (χ4v) is 6.10. The molecule has 1 aliphatic carbocycles. The van der Waals surface area contributed by atoms with Crippen molar-refractivity contribution in [1.29, 1.82) is 0 Å². The van der Waals surface area contributed by atoms with Crippen molar-refractivity contribution >= 4 is 10.0 Å². The van der Waals surface area contributed by atoms with Crippen molar-refractivity contribution < 1.29 is 8.42 Å². The summed E-state index contributed by atoms with van der Waals surface area (Å²) in [5, 5.41) is 0. The Balaban J connectivity index is 2.95. The fraction of sp³-hybridized carbons (Fsp3) is 1.00. The first-order valence-corrected chi connectivity index (χ1v) is 10.3. The molecule has 1 rings (SSSR count). The number of rotatable bonds is 9. The van der Waals surface area contributed by atoms with Gasteiger partial charge in [-0.3, -0.25) is 0 Å². The third-order valence-corrected chi connectivity index (χ3v) is 7.29. The van der Waals surface area contributed by atoms with Gasteiger partial charge in [0.15, 0.2) is 0 Å². The molecule has 4 nitrogen and oxygen atoms in total. The molecule has 21 heavy (non-hydrogen) atoms. The number of nitrogens with zero attached hydrogens (tertiary/aromatic N) is 1. The third kappa shape index (κ3) is 4.67. The summed E-state index contributed by atoms with van der Waals surface area (Å²) in [4.78, 5) is 0. The Hall–Kier alpha value is -0.130. The number of sulfonamides is 1. The lowest BCUT2D eigenvalue weighted by molar-refractivity contribution is 0.176. The molecule has 0 unspecified atom stereocenters. The van der Waals surface area contributed by atoms with E-state index in [4.69, 9.17) is 5.73 Å². The number of hydrogen-bond acceptors (Lipinski definition) is 3. The maximum atomic E-state index is 13.0. The maximum Gasteiger partial charge on any atom is 0.214 e. The van der Waals surface area contributed by atoms with Gasteiger partial charge >= 0.3 is 0 Å². The summed E-state index contributed by atoms with van der Waals surface area (Å²) in [6, 6.07) is 0. The van der Waals surface area contributed by atoms with Crippen LogP contribution in [-0.2, 0) is 10.0 Å². The molecule has 126 valence electrons. The standard InChI is InChI=1S/C16H34N2O2S/c1-4-12-18(16(5-2,6-3)14-17)21(19,20)13-15-10-8-7-9-11-15/h15H,4-14,17H2,1-3H3. The zero-order chi connectivity index (χ0) is 15.9. The van der Waals surface area contributed by atoms with Crippen LogP contribution in [0.3, 0.4) is 0 Å². The summed E-state index contributed by atoms with van der Waals surface area (Å²) in [6.07, 6.45) is 8.14. The highest BCUT2D eigenvalue weighted by molar-refractivity contribution is 7.89. The lowest BCUT2D eigenvalue weighted by Gasteiger charge is -2.42. The zero-order valence-electron chi connectivity index (χ0n) is 14.1. The second-order valence-electron chi connectivity index (χ2n) is 6.49. The highest BCUT2D eigenvalue weighted by Gasteiger charge is 2.40. The Labute approximate surface area is 131 Å². The van der Waals surface area contributed by atoms with E-state index >= 15 is 0 Å². The van der Waals surface area contributed by atoms with Crippen LogP contribution in [0.4, 0.5) is 0 Å². The Morgan fingerprint density at radius 1 is 1.10 bits per heavy atom. The van der Waals surface area contributed by atoms with E-state index in [2.05, 4.69) is 13.8 Å². The molecule has 1 fully saturated rings. The van der Waals surface area contributed by atoms with Crippen molar-refractivity contribution in [2.24, 2.45) is 11.7 Å². The van der Waals surface area contributed by atoms with E-state index in [0.29, 0.717) is 24.8 Å². The Bertz CT molecular complexity index is 377. The van der Waals surface area contributed by atoms with Crippen molar-refractivity contribution in [3.05, 3.63) is 0 Å². The predicted octanol–water partition coefficient (Wildman–Crippen LogP) is 3.13. The smallest absolute Gasteiger partial charge is 0.214 e. The molecule has 0 spiro atoms. The monoisotopic (exact) mass is 318 g/mol. The van der Waals surface area contributed by atoms with Gasteiger partial charge in [-0.2, -0.15) is 4.31 Å². The molecular formula is C16H34N2O2S. The van der Waals surface area contributed by atoms with Crippen LogP contribution in [0.25, 0.3) is 0 Å². The normalized spacial score (nSPS) is 18.3. The first-order valence-electron chi connectivity index (χ1n) is 8.66. The van der Waals surface area contributed by atoms with Crippen LogP contribution in [0.5, 0.6) is 0 Å². The van der Waals surface area contributed by atoms with Gasteiger partial charge in [-0.1, -0.05) is 40.0 Å². The lowest BCUT2D eigenvalue weighted by atomic mass is 9.91. The SMILES string of the molecule is CCCN(C(CC)(CC)CN)S(=O)(=O)CC1CCCCC1. The molecule has 2 N–H and O–H groups in total. The molecule has 0 aromatic rings. The molecule has 0 saturated heterocycles. The first-order chi connectivity index (χ1) is 9.95. The third-order valence-electron chi connectivity index (χ3n) is 5.16. The quantitative estimate of drug-likeness (QED) is 0.710. The van der Waals surface area contributed by atoms with Gasteiger partial charge in [0.2, 0.25) is 10.0 Å². The maximum absolute atomic E-state index is 13.0. The average Bonchev–Trinajstić information content (AvgIpc) is 2.49. The van der Waals surface area contributed by atoms with Gasteiger partial charge < -0.3 is 5.73 Å². The van der Waals surface area contributed by atoms with Crippen molar-refractivity contribution in [3.8, 4) is 0 Å². The van der Waals surface area contributed by atoms with Gasteiger partial charge in [0.05, 0.1) is 5.75 Å². The first kappa shape index (κ1) is 18.9. The van der Waals surface area contributed by atoms with Gasteiger partial charge in [0.25, 0.3) is 0 Å². The minimum atomic E-state index is -3.22. The summed E-state index contributed by atoms with van der Waals surface area (Å²) in [6.45, 7) is 7.14. The van der Waals surface area contributed by atoms with Gasteiger partial charge in [-0.05, 0) is 38.0 Å². The Morgan fingerprint density at radius 3 is 2.10 bits per heavy atom. The van der Waals surface area contributed by atoms with E-state index in [1.165, 1.54) is 19.3 Å². The van der Waals surface area contributed by atoms with E-state index in [-0.39, 0.29) is 0 Å². The van der Waals surface area contributed by atoms with Crippen molar-refractivity contribution in [2.45, 2.75) is 77.7 Å². The van der Waals surface area contributed by atoms with Crippen molar-refractivity contribution in [1.82, 2.24) is 4.31 Å². The summed E-state index contributed by atoms with van der Waals surface area (Å²) >= 11 is 0.